The van der Waals surface area contributed by atoms with E-state index in [1.54, 1.807) is 6.08 Å². The maximum Gasteiger partial charge on any atom is 0.311 e. The fraction of sp³-hybridized carbons (Fsp3) is 0.800. The molecule has 0 saturated carbocycles. The van der Waals surface area contributed by atoms with Crippen LogP contribution < -0.4 is 0 Å². The molecular weight excluding hydrogens is 242 g/mol. The van der Waals surface area contributed by atoms with Crippen molar-refractivity contribution in [3.8, 4) is 0 Å². The van der Waals surface area contributed by atoms with E-state index >= 15 is 0 Å². The van der Waals surface area contributed by atoms with Gasteiger partial charge in [-0.3, -0.25) is 4.79 Å². The minimum atomic E-state index is -0.663. The van der Waals surface area contributed by atoms with E-state index in [-0.39, 0.29) is 0 Å². The SMILES string of the molecule is C=CCC1(C(=O)O)CCCN(CC2CCOCC2)C1. The van der Waals surface area contributed by atoms with Crippen LogP contribution in [-0.4, -0.2) is 48.8 Å². The molecule has 2 saturated heterocycles. The summed E-state index contributed by atoms with van der Waals surface area (Å²) >= 11 is 0. The Hall–Kier alpha value is -0.870. The summed E-state index contributed by atoms with van der Waals surface area (Å²) in [5.74, 6) is 0.00570. The quantitative estimate of drug-likeness (QED) is 0.776. The lowest BCUT2D eigenvalue weighted by Crippen LogP contribution is -2.49. The molecule has 2 aliphatic heterocycles. The topological polar surface area (TPSA) is 49.8 Å². The van der Waals surface area contributed by atoms with Crippen LogP contribution in [0.15, 0.2) is 12.7 Å². The van der Waals surface area contributed by atoms with Gasteiger partial charge in [-0.15, -0.1) is 6.58 Å². The highest BCUT2D eigenvalue weighted by Gasteiger charge is 2.41. The molecule has 0 aromatic carbocycles. The summed E-state index contributed by atoms with van der Waals surface area (Å²) in [6.45, 7) is 8.16. The van der Waals surface area contributed by atoms with E-state index < -0.39 is 11.4 Å². The van der Waals surface area contributed by atoms with Gasteiger partial charge in [0.2, 0.25) is 0 Å². The summed E-state index contributed by atoms with van der Waals surface area (Å²) in [7, 11) is 0. The van der Waals surface area contributed by atoms with Crippen LogP contribution >= 0.6 is 0 Å². The molecule has 1 atom stereocenters. The van der Waals surface area contributed by atoms with E-state index in [0.717, 1.165) is 52.0 Å². The van der Waals surface area contributed by atoms with Crippen LogP contribution in [0.2, 0.25) is 0 Å². The third-order valence-electron chi connectivity index (χ3n) is 4.50. The predicted octanol–water partition coefficient (Wildman–Crippen LogP) is 2.16. The number of nitrogens with zero attached hydrogens (tertiary/aromatic N) is 1. The summed E-state index contributed by atoms with van der Waals surface area (Å²) in [6, 6.07) is 0. The van der Waals surface area contributed by atoms with Crippen molar-refractivity contribution >= 4 is 5.97 Å². The van der Waals surface area contributed by atoms with Crippen molar-refractivity contribution in [3.63, 3.8) is 0 Å². The van der Waals surface area contributed by atoms with Gasteiger partial charge < -0.3 is 14.7 Å². The monoisotopic (exact) mass is 267 g/mol. The average molecular weight is 267 g/mol. The van der Waals surface area contributed by atoms with Gasteiger partial charge in [0.1, 0.15) is 0 Å². The zero-order valence-electron chi connectivity index (χ0n) is 11.6. The Morgan fingerprint density at radius 3 is 2.84 bits per heavy atom. The molecule has 2 fully saturated rings. The van der Waals surface area contributed by atoms with E-state index in [9.17, 15) is 9.90 Å². The molecule has 4 heteroatoms. The Morgan fingerprint density at radius 1 is 1.47 bits per heavy atom. The second-order valence-electron chi connectivity index (χ2n) is 5.97. The summed E-state index contributed by atoms with van der Waals surface area (Å²) in [4.78, 5) is 14.0. The highest BCUT2D eigenvalue weighted by atomic mass is 16.5. The number of likely N-dealkylation sites (tertiary alicyclic amines) is 1. The second-order valence-corrected chi connectivity index (χ2v) is 5.97. The molecule has 0 amide bonds. The first-order valence-corrected chi connectivity index (χ1v) is 7.31. The van der Waals surface area contributed by atoms with Gasteiger partial charge in [0.25, 0.3) is 0 Å². The molecule has 108 valence electrons. The van der Waals surface area contributed by atoms with Crippen LogP contribution in [-0.2, 0) is 9.53 Å². The Balaban J connectivity index is 1.94. The van der Waals surface area contributed by atoms with Crippen LogP contribution in [0.4, 0.5) is 0 Å². The summed E-state index contributed by atoms with van der Waals surface area (Å²) < 4.78 is 5.38. The molecule has 0 aromatic rings. The minimum absolute atomic E-state index is 0.576. The third-order valence-corrected chi connectivity index (χ3v) is 4.50. The molecule has 0 radical (unpaired) electrons. The van der Waals surface area contributed by atoms with E-state index in [2.05, 4.69) is 11.5 Å². The minimum Gasteiger partial charge on any atom is -0.481 e. The number of rotatable bonds is 5. The summed E-state index contributed by atoms with van der Waals surface area (Å²) in [6.07, 6.45) is 6.30. The van der Waals surface area contributed by atoms with E-state index in [1.807, 2.05) is 0 Å². The van der Waals surface area contributed by atoms with Crippen molar-refractivity contribution < 1.29 is 14.6 Å². The van der Waals surface area contributed by atoms with Gasteiger partial charge in [-0.25, -0.2) is 0 Å². The van der Waals surface area contributed by atoms with Gasteiger partial charge in [0, 0.05) is 26.3 Å². The van der Waals surface area contributed by atoms with Gasteiger partial charge in [-0.1, -0.05) is 6.08 Å². The number of carbonyl (C=O) groups is 1. The zero-order chi connectivity index (χ0) is 13.7. The lowest BCUT2D eigenvalue weighted by molar-refractivity contribution is -0.152. The lowest BCUT2D eigenvalue weighted by Gasteiger charge is -2.41. The van der Waals surface area contributed by atoms with Gasteiger partial charge >= 0.3 is 5.97 Å². The van der Waals surface area contributed by atoms with Crippen LogP contribution in [0.25, 0.3) is 0 Å². The molecule has 4 nitrogen and oxygen atoms in total. The van der Waals surface area contributed by atoms with E-state index in [1.165, 1.54) is 0 Å². The molecular formula is C15H25NO3. The smallest absolute Gasteiger partial charge is 0.311 e. The van der Waals surface area contributed by atoms with Crippen molar-refractivity contribution in [2.45, 2.75) is 32.1 Å². The van der Waals surface area contributed by atoms with Crippen molar-refractivity contribution in [1.29, 1.82) is 0 Å². The van der Waals surface area contributed by atoms with Crippen LogP contribution in [0.3, 0.4) is 0 Å². The largest absolute Gasteiger partial charge is 0.481 e. The molecule has 0 bridgehead atoms. The molecule has 2 heterocycles. The first kappa shape index (κ1) is 14.5. The number of hydrogen-bond acceptors (Lipinski definition) is 3. The Morgan fingerprint density at radius 2 is 2.21 bits per heavy atom. The molecule has 1 N–H and O–H groups in total. The Kier molecular flexibility index (Phi) is 4.99. The lowest BCUT2D eigenvalue weighted by atomic mass is 9.77. The zero-order valence-corrected chi connectivity index (χ0v) is 11.6. The Labute approximate surface area is 115 Å². The first-order valence-electron chi connectivity index (χ1n) is 7.31. The van der Waals surface area contributed by atoms with Crippen molar-refractivity contribution in [1.82, 2.24) is 4.90 Å². The highest BCUT2D eigenvalue weighted by molar-refractivity contribution is 5.75. The first-order chi connectivity index (χ1) is 9.16. The van der Waals surface area contributed by atoms with Crippen LogP contribution in [0.5, 0.6) is 0 Å². The van der Waals surface area contributed by atoms with Crippen molar-refractivity contribution in [3.05, 3.63) is 12.7 Å². The molecule has 1 unspecified atom stereocenters. The van der Waals surface area contributed by atoms with E-state index in [0.29, 0.717) is 18.9 Å². The fourth-order valence-electron chi connectivity index (χ4n) is 3.38. The molecule has 2 aliphatic rings. The standard InChI is InChI=1S/C15H25NO3/c1-2-6-15(14(17)18)7-3-8-16(12-15)11-13-4-9-19-10-5-13/h2,13H,1,3-12H2,(H,17,18). The maximum absolute atomic E-state index is 11.6. The number of aliphatic carboxylic acids is 1. The molecule has 0 spiro atoms. The van der Waals surface area contributed by atoms with Crippen LogP contribution in [0.1, 0.15) is 32.1 Å². The highest BCUT2D eigenvalue weighted by Crippen LogP contribution is 2.35. The summed E-state index contributed by atoms with van der Waals surface area (Å²) in [5, 5.41) is 9.55. The van der Waals surface area contributed by atoms with Crippen LogP contribution in [0, 0.1) is 11.3 Å². The third kappa shape index (κ3) is 3.57. The maximum atomic E-state index is 11.6. The second kappa shape index (κ2) is 6.53. The molecule has 0 aliphatic carbocycles. The van der Waals surface area contributed by atoms with E-state index in [4.69, 9.17) is 4.74 Å². The summed E-state index contributed by atoms with van der Waals surface area (Å²) in [5.41, 5.74) is -0.606. The molecule has 19 heavy (non-hydrogen) atoms. The number of carboxylic acids is 1. The fourth-order valence-corrected chi connectivity index (χ4v) is 3.38. The van der Waals surface area contributed by atoms with Gasteiger partial charge in [-0.2, -0.15) is 0 Å². The Bertz CT molecular complexity index is 325. The van der Waals surface area contributed by atoms with Gasteiger partial charge in [-0.05, 0) is 44.6 Å². The number of piperidine rings is 1. The molecule has 2 rings (SSSR count). The predicted molar refractivity (Wildman–Crippen MR) is 74.1 cm³/mol. The van der Waals surface area contributed by atoms with Crippen molar-refractivity contribution in [2.24, 2.45) is 11.3 Å². The number of ether oxygens (including phenoxy) is 1. The number of hydrogen-bond donors (Lipinski definition) is 1. The van der Waals surface area contributed by atoms with Gasteiger partial charge in [0.15, 0.2) is 0 Å². The van der Waals surface area contributed by atoms with Crippen molar-refractivity contribution in [2.75, 3.05) is 32.8 Å². The molecule has 0 aromatic heterocycles. The average Bonchev–Trinajstić information content (AvgIpc) is 2.40. The number of allylic oxidation sites excluding steroid dienone is 1. The number of carboxylic acid groups (broad SMARTS) is 1. The normalized spacial score (nSPS) is 30.1. The van der Waals surface area contributed by atoms with Gasteiger partial charge in [0.05, 0.1) is 5.41 Å².